The smallest absolute Gasteiger partial charge is 0.251 e. The summed E-state index contributed by atoms with van der Waals surface area (Å²) in [6, 6.07) is 12.8. The van der Waals surface area contributed by atoms with E-state index in [1.54, 1.807) is 31.2 Å². The van der Waals surface area contributed by atoms with Crippen molar-refractivity contribution in [2.75, 3.05) is 6.54 Å². The van der Waals surface area contributed by atoms with E-state index >= 15 is 0 Å². The van der Waals surface area contributed by atoms with Crippen LogP contribution < -0.4 is 10.6 Å². The van der Waals surface area contributed by atoms with Gasteiger partial charge >= 0.3 is 0 Å². The summed E-state index contributed by atoms with van der Waals surface area (Å²) in [7, 11) is 0. The number of benzene rings is 2. The molecule has 23 heavy (non-hydrogen) atoms. The molecule has 2 N–H and O–H groups in total. The van der Waals surface area contributed by atoms with Gasteiger partial charge in [-0.1, -0.05) is 29.8 Å². The molecule has 4 nitrogen and oxygen atoms in total. The first-order valence-electron chi connectivity index (χ1n) is 7.35. The van der Waals surface area contributed by atoms with Gasteiger partial charge < -0.3 is 10.6 Å². The molecule has 1 atom stereocenters. The molecule has 0 aromatic heterocycles. The van der Waals surface area contributed by atoms with Crippen LogP contribution in [0.4, 0.5) is 4.39 Å². The number of halogens is 1. The zero-order chi connectivity index (χ0) is 16.8. The summed E-state index contributed by atoms with van der Waals surface area (Å²) in [5, 5.41) is 5.28. The number of hydrogen-bond acceptors (Lipinski definition) is 2. The Morgan fingerprint density at radius 2 is 1.83 bits per heavy atom. The van der Waals surface area contributed by atoms with E-state index in [1.165, 1.54) is 12.1 Å². The molecule has 0 aliphatic carbocycles. The van der Waals surface area contributed by atoms with Gasteiger partial charge in [0.25, 0.3) is 5.91 Å². The number of carbonyl (C=O) groups is 2. The van der Waals surface area contributed by atoms with Crippen molar-refractivity contribution >= 4 is 11.8 Å². The van der Waals surface area contributed by atoms with E-state index in [0.29, 0.717) is 11.1 Å². The number of nitrogens with one attached hydrogen (secondary N) is 2. The minimum atomic E-state index is -0.351. The Hall–Kier alpha value is -2.69. The minimum absolute atomic E-state index is 0.133. The van der Waals surface area contributed by atoms with Gasteiger partial charge in [0.1, 0.15) is 5.82 Å². The monoisotopic (exact) mass is 314 g/mol. The van der Waals surface area contributed by atoms with Crippen molar-refractivity contribution < 1.29 is 14.0 Å². The molecule has 120 valence electrons. The molecule has 2 aromatic rings. The lowest BCUT2D eigenvalue weighted by molar-refractivity contribution is -0.120. The van der Waals surface area contributed by atoms with Crippen molar-refractivity contribution in [1.29, 1.82) is 0 Å². The molecule has 2 aromatic carbocycles. The summed E-state index contributed by atoms with van der Waals surface area (Å²) < 4.78 is 13.2. The highest BCUT2D eigenvalue weighted by atomic mass is 19.1. The fourth-order valence-electron chi connectivity index (χ4n) is 2.12. The molecule has 0 spiro atoms. The zero-order valence-corrected chi connectivity index (χ0v) is 13.1. The van der Waals surface area contributed by atoms with Crippen molar-refractivity contribution in [3.05, 3.63) is 71.0 Å². The predicted octanol–water partition coefficient (Wildman–Crippen LogP) is 2.74. The van der Waals surface area contributed by atoms with E-state index < -0.39 is 0 Å². The van der Waals surface area contributed by atoms with Gasteiger partial charge in [0.2, 0.25) is 5.91 Å². The minimum Gasteiger partial charge on any atom is -0.348 e. The predicted molar refractivity (Wildman–Crippen MR) is 86.5 cm³/mol. The van der Waals surface area contributed by atoms with Crippen LogP contribution in [-0.2, 0) is 4.79 Å². The number of hydrogen-bond donors (Lipinski definition) is 2. The molecule has 5 heteroatoms. The summed E-state index contributed by atoms with van der Waals surface area (Å²) in [5.41, 5.74) is 2.23. The lowest BCUT2D eigenvalue weighted by atomic mass is 10.1. The van der Waals surface area contributed by atoms with Crippen LogP contribution in [0, 0.1) is 12.7 Å². The molecule has 0 saturated carbocycles. The third kappa shape index (κ3) is 4.92. The summed E-state index contributed by atoms with van der Waals surface area (Å²) in [4.78, 5) is 23.8. The van der Waals surface area contributed by atoms with Crippen LogP contribution in [0.3, 0.4) is 0 Å². The van der Waals surface area contributed by atoms with E-state index in [2.05, 4.69) is 10.6 Å². The molecule has 0 fully saturated rings. The maximum atomic E-state index is 13.2. The van der Waals surface area contributed by atoms with Gasteiger partial charge in [-0.3, -0.25) is 9.59 Å². The maximum Gasteiger partial charge on any atom is 0.251 e. The summed E-state index contributed by atoms with van der Waals surface area (Å²) in [6.45, 7) is 3.56. The van der Waals surface area contributed by atoms with Gasteiger partial charge in [0, 0.05) is 5.56 Å². The highest BCUT2D eigenvalue weighted by Gasteiger charge is 2.12. The van der Waals surface area contributed by atoms with Crippen molar-refractivity contribution in [3.8, 4) is 0 Å². The lowest BCUT2D eigenvalue weighted by Gasteiger charge is -2.14. The van der Waals surface area contributed by atoms with Crippen LogP contribution in [0.25, 0.3) is 0 Å². The maximum absolute atomic E-state index is 13.2. The van der Waals surface area contributed by atoms with E-state index in [1.807, 2.05) is 19.1 Å². The number of carbonyl (C=O) groups excluding carboxylic acids is 2. The average molecular weight is 314 g/mol. The fourth-order valence-corrected chi connectivity index (χ4v) is 2.12. The first kappa shape index (κ1) is 16.7. The van der Waals surface area contributed by atoms with Gasteiger partial charge in [0.05, 0.1) is 12.6 Å². The first-order valence-corrected chi connectivity index (χ1v) is 7.35. The lowest BCUT2D eigenvalue weighted by Crippen LogP contribution is -2.38. The highest BCUT2D eigenvalue weighted by Crippen LogP contribution is 2.13. The van der Waals surface area contributed by atoms with E-state index in [9.17, 15) is 14.0 Å². The second-order valence-corrected chi connectivity index (χ2v) is 5.39. The normalized spacial score (nSPS) is 11.6. The Labute approximate surface area is 134 Å². The van der Waals surface area contributed by atoms with Crippen molar-refractivity contribution in [2.24, 2.45) is 0 Å². The molecule has 0 aliphatic heterocycles. The van der Waals surface area contributed by atoms with Gasteiger partial charge in [-0.05, 0) is 43.7 Å². The molecule has 1 unspecified atom stereocenters. The second kappa shape index (κ2) is 7.54. The molecule has 2 amide bonds. The van der Waals surface area contributed by atoms with Crippen LogP contribution >= 0.6 is 0 Å². The van der Waals surface area contributed by atoms with Crippen LogP contribution in [-0.4, -0.2) is 18.4 Å². The van der Waals surface area contributed by atoms with E-state index in [4.69, 9.17) is 0 Å². The van der Waals surface area contributed by atoms with Crippen molar-refractivity contribution in [3.63, 3.8) is 0 Å². The van der Waals surface area contributed by atoms with Crippen molar-refractivity contribution in [1.82, 2.24) is 10.6 Å². The Morgan fingerprint density at radius 3 is 2.48 bits per heavy atom. The topological polar surface area (TPSA) is 58.2 Å². The molecule has 0 saturated heterocycles. The van der Waals surface area contributed by atoms with Crippen LogP contribution in [0.5, 0.6) is 0 Å². The number of aryl methyl sites for hydroxylation is 1. The van der Waals surface area contributed by atoms with Crippen molar-refractivity contribution in [2.45, 2.75) is 19.9 Å². The molecular formula is C18H19FN2O2. The Kier molecular flexibility index (Phi) is 5.46. The summed E-state index contributed by atoms with van der Waals surface area (Å²) in [5.74, 6) is -0.989. The molecular weight excluding hydrogens is 295 g/mol. The molecule has 0 radical (unpaired) electrons. The quantitative estimate of drug-likeness (QED) is 0.891. The second-order valence-electron chi connectivity index (χ2n) is 5.39. The number of amides is 2. The van der Waals surface area contributed by atoms with Crippen LogP contribution in [0.1, 0.15) is 34.5 Å². The molecule has 2 rings (SSSR count). The largest absolute Gasteiger partial charge is 0.348 e. The Balaban J connectivity index is 1.85. The third-order valence-corrected chi connectivity index (χ3v) is 3.45. The molecule has 0 heterocycles. The van der Waals surface area contributed by atoms with Gasteiger partial charge in [-0.15, -0.1) is 0 Å². The zero-order valence-electron chi connectivity index (χ0n) is 13.1. The first-order chi connectivity index (χ1) is 11.0. The summed E-state index contributed by atoms with van der Waals surface area (Å²) >= 11 is 0. The van der Waals surface area contributed by atoms with Gasteiger partial charge in [-0.2, -0.15) is 0 Å². The molecule has 0 aliphatic rings. The number of rotatable bonds is 5. The SMILES string of the molecule is Cc1ccc(C(=O)NCC(=O)NC(C)c2cccc(F)c2)cc1. The average Bonchev–Trinajstić information content (AvgIpc) is 2.53. The Bertz CT molecular complexity index is 698. The van der Waals surface area contributed by atoms with Gasteiger partial charge in [0.15, 0.2) is 0 Å². The van der Waals surface area contributed by atoms with E-state index in [-0.39, 0.29) is 30.2 Å². The van der Waals surface area contributed by atoms with Crippen LogP contribution in [0.15, 0.2) is 48.5 Å². The Morgan fingerprint density at radius 1 is 1.13 bits per heavy atom. The standard InChI is InChI=1S/C18H19FN2O2/c1-12-6-8-14(9-7-12)18(23)20-11-17(22)21-13(2)15-4-3-5-16(19)10-15/h3-10,13H,11H2,1-2H3,(H,20,23)(H,21,22). The van der Waals surface area contributed by atoms with E-state index in [0.717, 1.165) is 5.56 Å². The highest BCUT2D eigenvalue weighted by molar-refractivity contribution is 5.96. The fraction of sp³-hybridized carbons (Fsp3) is 0.222. The molecule has 0 bridgehead atoms. The van der Waals surface area contributed by atoms with Crippen LogP contribution in [0.2, 0.25) is 0 Å². The van der Waals surface area contributed by atoms with Gasteiger partial charge in [-0.25, -0.2) is 4.39 Å². The third-order valence-electron chi connectivity index (χ3n) is 3.45. The summed E-state index contributed by atoms with van der Waals surface area (Å²) in [6.07, 6.45) is 0.